The lowest BCUT2D eigenvalue weighted by atomic mass is 10.1. The van der Waals surface area contributed by atoms with Gasteiger partial charge in [0, 0.05) is 0 Å². The molecule has 0 saturated carbocycles. The second-order valence-corrected chi connectivity index (χ2v) is 3.89. The van der Waals surface area contributed by atoms with Crippen molar-refractivity contribution >= 4 is 5.97 Å². The van der Waals surface area contributed by atoms with Crippen molar-refractivity contribution in [1.82, 2.24) is 14.8 Å². The van der Waals surface area contributed by atoms with E-state index in [-0.39, 0.29) is 11.5 Å². The third-order valence-corrected chi connectivity index (χ3v) is 2.56. The summed E-state index contributed by atoms with van der Waals surface area (Å²) in [4.78, 5) is 14.9. The summed E-state index contributed by atoms with van der Waals surface area (Å²) in [5.41, 5.74) is 0.585. The Morgan fingerprint density at radius 1 is 1.53 bits per heavy atom. The van der Waals surface area contributed by atoms with Gasteiger partial charge < -0.3 is 9.84 Å². The first-order valence-corrected chi connectivity index (χ1v) is 5.50. The van der Waals surface area contributed by atoms with Gasteiger partial charge in [0.05, 0.1) is 13.2 Å². The van der Waals surface area contributed by atoms with Crippen LogP contribution < -0.4 is 0 Å². The summed E-state index contributed by atoms with van der Waals surface area (Å²) < 4.78 is 19.5. The molecule has 19 heavy (non-hydrogen) atoms. The van der Waals surface area contributed by atoms with E-state index >= 15 is 0 Å². The second-order valence-electron chi connectivity index (χ2n) is 3.89. The first-order valence-electron chi connectivity index (χ1n) is 5.50. The predicted molar refractivity (Wildman–Crippen MR) is 63.3 cm³/mol. The van der Waals surface area contributed by atoms with Gasteiger partial charge in [-0.25, -0.2) is 18.9 Å². The molecule has 0 amide bonds. The fourth-order valence-electron chi connectivity index (χ4n) is 1.53. The van der Waals surface area contributed by atoms with Crippen molar-refractivity contribution < 1.29 is 19.0 Å². The van der Waals surface area contributed by atoms with Crippen LogP contribution in [0.5, 0.6) is 0 Å². The molecule has 0 radical (unpaired) electrons. The summed E-state index contributed by atoms with van der Waals surface area (Å²) in [5.74, 6) is -1.42. The van der Waals surface area contributed by atoms with Crippen molar-refractivity contribution in [3.63, 3.8) is 0 Å². The molecule has 6 nitrogen and oxygen atoms in total. The SMILES string of the molecule is COC(=O)c1ncn(-c2ccc(C(C)O)cc2F)n1. The van der Waals surface area contributed by atoms with Gasteiger partial charge in [-0.15, -0.1) is 5.10 Å². The third-order valence-electron chi connectivity index (χ3n) is 2.56. The van der Waals surface area contributed by atoms with Crippen molar-refractivity contribution in [2.45, 2.75) is 13.0 Å². The van der Waals surface area contributed by atoms with E-state index in [4.69, 9.17) is 0 Å². The van der Waals surface area contributed by atoms with E-state index in [1.807, 2.05) is 0 Å². The van der Waals surface area contributed by atoms with Crippen LogP contribution in [0.4, 0.5) is 4.39 Å². The van der Waals surface area contributed by atoms with Crippen molar-refractivity contribution in [1.29, 1.82) is 0 Å². The summed E-state index contributed by atoms with van der Waals surface area (Å²) in [7, 11) is 1.21. The van der Waals surface area contributed by atoms with Crippen LogP contribution in [-0.2, 0) is 4.74 Å². The van der Waals surface area contributed by atoms with Gasteiger partial charge in [-0.3, -0.25) is 0 Å². The van der Waals surface area contributed by atoms with E-state index in [1.54, 1.807) is 13.0 Å². The number of hydrogen-bond acceptors (Lipinski definition) is 5. The standard InChI is InChI=1S/C12H12FN3O3/c1-7(17)8-3-4-10(9(13)5-8)16-6-14-11(15-16)12(18)19-2/h3-7,17H,1-2H3. The summed E-state index contributed by atoms with van der Waals surface area (Å²) in [6.45, 7) is 1.54. The molecule has 0 spiro atoms. The first kappa shape index (κ1) is 13.2. The smallest absolute Gasteiger partial charge is 0.377 e. The van der Waals surface area contributed by atoms with Gasteiger partial charge >= 0.3 is 5.97 Å². The summed E-state index contributed by atoms with van der Waals surface area (Å²) >= 11 is 0. The molecule has 0 aliphatic rings. The molecule has 1 N–H and O–H groups in total. The number of aliphatic hydroxyl groups excluding tert-OH is 1. The van der Waals surface area contributed by atoms with Gasteiger partial charge in [0.25, 0.3) is 5.82 Å². The van der Waals surface area contributed by atoms with Crippen molar-refractivity contribution in [3.05, 3.63) is 41.7 Å². The van der Waals surface area contributed by atoms with E-state index in [9.17, 15) is 14.3 Å². The molecule has 0 bridgehead atoms. The number of rotatable bonds is 3. The average molecular weight is 265 g/mol. The molecule has 1 heterocycles. The number of ether oxygens (including phenoxy) is 1. The number of aromatic nitrogens is 3. The number of halogens is 1. The maximum atomic E-state index is 13.9. The van der Waals surface area contributed by atoms with Crippen LogP contribution in [-0.4, -0.2) is 33.0 Å². The molecule has 2 rings (SSSR count). The quantitative estimate of drug-likeness (QED) is 0.845. The topological polar surface area (TPSA) is 77.2 Å². The molecule has 1 aromatic heterocycles. The molecule has 1 unspecified atom stereocenters. The predicted octanol–water partition coefficient (Wildman–Crippen LogP) is 1.25. The van der Waals surface area contributed by atoms with Crippen LogP contribution >= 0.6 is 0 Å². The minimum absolute atomic E-state index is 0.132. The van der Waals surface area contributed by atoms with Crippen LogP contribution in [0, 0.1) is 5.82 Å². The number of esters is 1. The average Bonchev–Trinajstić information content (AvgIpc) is 2.87. The molecule has 7 heteroatoms. The lowest BCUT2D eigenvalue weighted by Crippen LogP contribution is -2.06. The molecule has 0 saturated heterocycles. The summed E-state index contributed by atoms with van der Waals surface area (Å²) in [6, 6.07) is 4.23. The van der Waals surface area contributed by atoms with Crippen LogP contribution in [0.3, 0.4) is 0 Å². The lowest BCUT2D eigenvalue weighted by molar-refractivity contribution is 0.0587. The Hall–Kier alpha value is -2.28. The number of carbonyl (C=O) groups excluding carboxylic acids is 1. The van der Waals surface area contributed by atoms with E-state index in [0.29, 0.717) is 5.56 Å². The molecule has 0 fully saturated rings. The van der Waals surface area contributed by atoms with Gasteiger partial charge in [-0.05, 0) is 24.6 Å². The van der Waals surface area contributed by atoms with E-state index < -0.39 is 17.9 Å². The zero-order chi connectivity index (χ0) is 14.0. The minimum atomic E-state index is -0.759. The Balaban J connectivity index is 2.37. The number of carbonyl (C=O) groups is 1. The third kappa shape index (κ3) is 2.60. The molecule has 1 atom stereocenters. The van der Waals surface area contributed by atoms with Gasteiger partial charge in [0.2, 0.25) is 0 Å². The van der Waals surface area contributed by atoms with Gasteiger partial charge in [0.15, 0.2) is 0 Å². The van der Waals surface area contributed by atoms with E-state index in [2.05, 4.69) is 14.8 Å². The summed E-state index contributed by atoms with van der Waals surface area (Å²) in [5, 5.41) is 13.2. The molecule has 0 aliphatic carbocycles. The molecule has 100 valence electrons. The zero-order valence-electron chi connectivity index (χ0n) is 10.4. The van der Waals surface area contributed by atoms with E-state index in [1.165, 1.54) is 25.6 Å². The highest BCUT2D eigenvalue weighted by atomic mass is 19.1. The lowest BCUT2D eigenvalue weighted by Gasteiger charge is -2.07. The Morgan fingerprint density at radius 2 is 2.26 bits per heavy atom. The number of hydrogen-bond donors (Lipinski definition) is 1. The number of benzene rings is 1. The molecular formula is C12H12FN3O3. The Morgan fingerprint density at radius 3 is 2.84 bits per heavy atom. The zero-order valence-corrected chi connectivity index (χ0v) is 10.4. The van der Waals surface area contributed by atoms with Crippen LogP contribution in [0.25, 0.3) is 5.69 Å². The molecule has 0 aliphatic heterocycles. The van der Waals surface area contributed by atoms with Crippen molar-refractivity contribution in [2.24, 2.45) is 0 Å². The Bertz CT molecular complexity index is 610. The monoisotopic (exact) mass is 265 g/mol. The van der Waals surface area contributed by atoms with Crippen LogP contribution in [0.1, 0.15) is 29.2 Å². The number of nitrogens with zero attached hydrogens (tertiary/aromatic N) is 3. The van der Waals surface area contributed by atoms with E-state index in [0.717, 1.165) is 4.68 Å². The summed E-state index contributed by atoms with van der Waals surface area (Å²) in [6.07, 6.45) is 0.456. The largest absolute Gasteiger partial charge is 0.463 e. The highest BCUT2D eigenvalue weighted by molar-refractivity contribution is 5.84. The Labute approximate surface area is 108 Å². The fraction of sp³-hybridized carbons (Fsp3) is 0.250. The van der Waals surface area contributed by atoms with Gasteiger partial charge in [0.1, 0.15) is 17.8 Å². The minimum Gasteiger partial charge on any atom is -0.463 e. The van der Waals surface area contributed by atoms with Crippen molar-refractivity contribution in [3.8, 4) is 5.69 Å². The van der Waals surface area contributed by atoms with Gasteiger partial charge in [-0.1, -0.05) is 6.07 Å². The van der Waals surface area contributed by atoms with Crippen LogP contribution in [0.2, 0.25) is 0 Å². The van der Waals surface area contributed by atoms with Crippen molar-refractivity contribution in [2.75, 3.05) is 7.11 Å². The normalized spacial score (nSPS) is 12.2. The number of aliphatic hydroxyl groups is 1. The van der Waals surface area contributed by atoms with Gasteiger partial charge in [-0.2, -0.15) is 0 Å². The maximum Gasteiger partial charge on any atom is 0.377 e. The second kappa shape index (κ2) is 5.15. The Kier molecular flexibility index (Phi) is 3.57. The maximum absolute atomic E-state index is 13.9. The fourth-order valence-corrected chi connectivity index (χ4v) is 1.53. The molecular weight excluding hydrogens is 253 g/mol. The highest BCUT2D eigenvalue weighted by Crippen LogP contribution is 2.18. The van der Waals surface area contributed by atoms with Crippen LogP contribution in [0.15, 0.2) is 24.5 Å². The number of methoxy groups -OCH3 is 1. The highest BCUT2D eigenvalue weighted by Gasteiger charge is 2.14. The molecule has 1 aromatic carbocycles. The first-order chi connectivity index (χ1) is 9.02. The molecule has 2 aromatic rings.